The number of rotatable bonds is 19. The van der Waals surface area contributed by atoms with E-state index in [4.69, 9.17) is 14.2 Å². The summed E-state index contributed by atoms with van der Waals surface area (Å²) in [5.41, 5.74) is 0.465. The van der Waals surface area contributed by atoms with E-state index in [1.807, 2.05) is 70.1 Å². The number of nitrogens with one attached hydrogen (secondary N) is 3. The molecule has 9 unspecified atom stereocenters. The van der Waals surface area contributed by atoms with E-state index in [0.717, 1.165) is 50.5 Å². The van der Waals surface area contributed by atoms with Crippen LogP contribution in [-0.2, 0) is 44.6 Å². The highest BCUT2D eigenvalue weighted by molar-refractivity contribution is 5.88. The molecule has 1 aromatic carbocycles. The van der Waals surface area contributed by atoms with Crippen LogP contribution in [0.25, 0.3) is 0 Å². The van der Waals surface area contributed by atoms with Crippen molar-refractivity contribution in [2.45, 2.75) is 128 Å². The minimum atomic E-state index is -0.822. The highest BCUT2D eigenvalue weighted by Crippen LogP contribution is 2.29. The predicted molar refractivity (Wildman–Crippen MR) is 214 cm³/mol. The Hall–Kier alpha value is -3.39. The second-order valence-corrected chi connectivity index (χ2v) is 15.4. The lowest BCUT2D eigenvalue weighted by molar-refractivity contribution is -0.147. The SMILES string of the molecule is CC(C)C(C=O)NC(=O)C1(C)CCCN1C.CCC(C)C(NC)C(CC(=O)N1CCCC1C(OC)C(C)C(=O)NC(Cc1ccccc1)C(=O)OC)OC.[HH].[HH]. The van der Waals surface area contributed by atoms with Crippen LogP contribution < -0.4 is 16.0 Å². The molecule has 0 aliphatic carbocycles. The number of carbonyl (C=O) groups excluding carboxylic acids is 5. The number of esters is 1. The number of hydrogen-bond acceptors (Lipinski definition) is 10. The van der Waals surface area contributed by atoms with Crippen LogP contribution in [0.3, 0.4) is 0 Å². The van der Waals surface area contributed by atoms with Gasteiger partial charge in [-0.2, -0.15) is 0 Å². The minimum absolute atomic E-state index is 0. The van der Waals surface area contributed by atoms with Gasteiger partial charge in [-0.15, -0.1) is 0 Å². The van der Waals surface area contributed by atoms with E-state index in [0.29, 0.717) is 18.9 Å². The van der Waals surface area contributed by atoms with Gasteiger partial charge < -0.3 is 39.9 Å². The predicted octanol–water partition coefficient (Wildman–Crippen LogP) is 3.87. The van der Waals surface area contributed by atoms with Gasteiger partial charge in [0, 0.05) is 36.1 Å². The van der Waals surface area contributed by atoms with Crippen LogP contribution in [0.2, 0.25) is 0 Å². The van der Waals surface area contributed by atoms with Crippen molar-refractivity contribution < 1.29 is 41.0 Å². The fourth-order valence-electron chi connectivity index (χ4n) is 7.56. The van der Waals surface area contributed by atoms with Crippen molar-refractivity contribution in [3.05, 3.63) is 35.9 Å². The number of likely N-dealkylation sites (N-methyl/N-ethyl adjacent to an activating group) is 2. The normalized spacial score (nSPS) is 22.5. The second-order valence-electron chi connectivity index (χ2n) is 15.4. The van der Waals surface area contributed by atoms with Gasteiger partial charge in [-0.3, -0.25) is 19.3 Å². The van der Waals surface area contributed by atoms with Gasteiger partial charge >= 0.3 is 5.97 Å². The van der Waals surface area contributed by atoms with E-state index >= 15 is 0 Å². The lowest BCUT2D eigenvalue weighted by atomic mass is 9.91. The Bertz CT molecular complexity index is 1340. The Morgan fingerprint density at radius 3 is 2.17 bits per heavy atom. The first kappa shape index (κ1) is 46.8. The molecule has 0 radical (unpaired) electrons. The van der Waals surface area contributed by atoms with E-state index in [1.165, 1.54) is 7.11 Å². The van der Waals surface area contributed by atoms with Crippen LogP contribution in [0.1, 0.15) is 88.5 Å². The van der Waals surface area contributed by atoms with Crippen LogP contribution in [0.5, 0.6) is 0 Å². The summed E-state index contributed by atoms with van der Waals surface area (Å²) in [6.07, 6.45) is 5.05. The highest BCUT2D eigenvalue weighted by Gasteiger charge is 2.43. The molecule has 0 saturated carbocycles. The lowest BCUT2D eigenvalue weighted by Crippen LogP contribution is -2.55. The third-order valence-corrected chi connectivity index (χ3v) is 11.6. The standard InChI is InChI=1S/C29H47N3O6.C12H22N2O2.2H2/c1-8-19(2)26(30-4)24(36-5)18-25(33)32-16-12-15-23(32)27(37-6)20(3)28(34)31-22(29(35)38-7)17-21-13-10-9-11-14-21;1-9(2)10(8-15)13-11(16)12(3)6-5-7-14(12)4;;/h9-11,13-14,19-20,22-24,26-27,30H,8,12,15-18H2,1-7H3,(H,31,34);8-10H,5-7H2,1-4H3,(H,13,16);2*1H. The molecule has 2 heterocycles. The summed E-state index contributed by atoms with van der Waals surface area (Å²) in [6.45, 7) is 13.4. The molecular formula is C41H73N5O8. The molecule has 13 nitrogen and oxygen atoms in total. The fourth-order valence-corrected chi connectivity index (χ4v) is 7.56. The maximum atomic E-state index is 13.5. The monoisotopic (exact) mass is 764 g/mol. The smallest absolute Gasteiger partial charge is 0.328 e. The highest BCUT2D eigenvalue weighted by atomic mass is 16.5. The summed E-state index contributed by atoms with van der Waals surface area (Å²) in [5, 5.41) is 9.00. The van der Waals surface area contributed by atoms with Gasteiger partial charge in [-0.05, 0) is 70.6 Å². The number of aldehydes is 1. The molecule has 0 bridgehead atoms. The number of ether oxygens (including phenoxy) is 3. The van der Waals surface area contributed by atoms with Gasteiger partial charge in [0.2, 0.25) is 17.7 Å². The van der Waals surface area contributed by atoms with Crippen LogP contribution in [0.4, 0.5) is 0 Å². The molecule has 0 aromatic heterocycles. The zero-order valence-electron chi connectivity index (χ0n) is 34.7. The van der Waals surface area contributed by atoms with Crippen molar-refractivity contribution in [1.29, 1.82) is 0 Å². The maximum Gasteiger partial charge on any atom is 0.328 e. The molecular weight excluding hydrogens is 690 g/mol. The lowest BCUT2D eigenvalue weighted by Gasteiger charge is -2.36. The van der Waals surface area contributed by atoms with E-state index in [2.05, 4.69) is 34.7 Å². The quantitative estimate of drug-likeness (QED) is 0.140. The molecule has 2 aliphatic rings. The van der Waals surface area contributed by atoms with Crippen LogP contribution in [0, 0.1) is 17.8 Å². The number of hydrogen-bond donors (Lipinski definition) is 3. The Labute approximate surface area is 326 Å². The van der Waals surface area contributed by atoms with Gasteiger partial charge in [-0.1, -0.05) is 71.4 Å². The van der Waals surface area contributed by atoms with Gasteiger partial charge in [0.1, 0.15) is 12.3 Å². The number of amides is 3. The summed E-state index contributed by atoms with van der Waals surface area (Å²) in [6, 6.07) is 8.08. The van der Waals surface area contributed by atoms with Crippen molar-refractivity contribution in [2.75, 3.05) is 48.5 Å². The largest absolute Gasteiger partial charge is 0.467 e. The number of likely N-dealkylation sites (tertiary alicyclic amines) is 2. The maximum absolute atomic E-state index is 13.5. The summed E-state index contributed by atoms with van der Waals surface area (Å²) in [5.74, 6) is -0.966. The van der Waals surface area contributed by atoms with Gasteiger partial charge in [-0.25, -0.2) is 4.79 Å². The summed E-state index contributed by atoms with van der Waals surface area (Å²) < 4.78 is 16.5. The third kappa shape index (κ3) is 12.6. The average Bonchev–Trinajstić information content (AvgIpc) is 3.80. The fraction of sp³-hybridized carbons (Fsp3) is 0.732. The molecule has 3 rings (SSSR count). The van der Waals surface area contributed by atoms with Crippen LogP contribution in [-0.4, -0.2) is 130 Å². The van der Waals surface area contributed by atoms with Crippen LogP contribution in [0.15, 0.2) is 30.3 Å². The summed E-state index contributed by atoms with van der Waals surface area (Å²) >= 11 is 0. The van der Waals surface area contributed by atoms with Crippen molar-refractivity contribution in [3.63, 3.8) is 0 Å². The first-order valence-electron chi connectivity index (χ1n) is 19.6. The molecule has 310 valence electrons. The summed E-state index contributed by atoms with van der Waals surface area (Å²) in [7, 11) is 8.37. The average molecular weight is 764 g/mol. The number of nitrogens with zero attached hydrogens (tertiary/aromatic N) is 2. The molecule has 54 heavy (non-hydrogen) atoms. The molecule has 0 spiro atoms. The molecule has 9 atom stereocenters. The molecule has 1 aromatic rings. The molecule has 13 heteroatoms. The van der Waals surface area contributed by atoms with E-state index in [1.54, 1.807) is 21.1 Å². The Kier molecular flexibility index (Phi) is 19.8. The molecule has 2 aliphatic heterocycles. The van der Waals surface area contributed by atoms with Crippen molar-refractivity contribution >= 4 is 30.0 Å². The third-order valence-electron chi connectivity index (χ3n) is 11.6. The van der Waals surface area contributed by atoms with E-state index in [-0.39, 0.29) is 57.1 Å². The topological polar surface area (TPSA) is 156 Å². The van der Waals surface area contributed by atoms with Crippen molar-refractivity contribution in [3.8, 4) is 0 Å². The van der Waals surface area contributed by atoms with Gasteiger partial charge in [0.15, 0.2) is 0 Å². The molecule has 3 N–H and O–H groups in total. The van der Waals surface area contributed by atoms with Crippen molar-refractivity contribution in [1.82, 2.24) is 25.8 Å². The van der Waals surface area contributed by atoms with Gasteiger partial charge in [0.05, 0.1) is 49.3 Å². The zero-order valence-corrected chi connectivity index (χ0v) is 34.7. The van der Waals surface area contributed by atoms with Crippen molar-refractivity contribution in [2.24, 2.45) is 17.8 Å². The number of benzene rings is 1. The van der Waals surface area contributed by atoms with Crippen LogP contribution >= 0.6 is 0 Å². The Balaban J connectivity index is 0.00000141. The first-order chi connectivity index (χ1) is 25.6. The first-order valence-corrected chi connectivity index (χ1v) is 19.6. The van der Waals surface area contributed by atoms with Gasteiger partial charge in [0.25, 0.3) is 0 Å². The molecule has 2 fully saturated rings. The summed E-state index contributed by atoms with van der Waals surface area (Å²) in [4.78, 5) is 66.2. The second kappa shape index (κ2) is 22.9. The zero-order chi connectivity index (χ0) is 40.6. The number of carbonyl (C=O) groups is 5. The minimum Gasteiger partial charge on any atom is -0.467 e. The van der Waals surface area contributed by atoms with E-state index < -0.39 is 29.6 Å². The molecule has 2 saturated heterocycles. The Morgan fingerprint density at radius 1 is 1.00 bits per heavy atom. The number of methoxy groups -OCH3 is 3. The Morgan fingerprint density at radius 2 is 1.67 bits per heavy atom. The van der Waals surface area contributed by atoms with E-state index in [9.17, 15) is 24.0 Å². The molecule has 3 amide bonds.